The van der Waals surface area contributed by atoms with E-state index in [1.165, 1.54) is 22.2 Å². The summed E-state index contributed by atoms with van der Waals surface area (Å²) < 4.78 is 0. The molecular weight excluding hydrogens is 336 g/mol. The van der Waals surface area contributed by atoms with Gasteiger partial charge in [0, 0.05) is 35.2 Å². The maximum absolute atomic E-state index is 12.1. The molecular formula is C22H28N4O. The third-order valence-electron chi connectivity index (χ3n) is 4.67. The summed E-state index contributed by atoms with van der Waals surface area (Å²) >= 11 is 0. The number of aromatic amines is 1. The smallest absolute Gasteiger partial charge is 0.265 e. The van der Waals surface area contributed by atoms with Crippen molar-refractivity contribution in [2.24, 2.45) is 0 Å². The minimum Gasteiger partial charge on any atom is -0.358 e. The first-order valence-electron chi connectivity index (χ1n) is 9.58. The standard InChI is InChI=1S/C22H28N4O/c1-3-12-24-26-22(27)18-8-6-7-17(14-18)15-23-13-11-19-16(2)25-21-10-5-4-9-20(19)21/h4-10,14,23-25H,3,11-13,15H2,1-2H3,(H,26,27). The number of hydrogen-bond acceptors (Lipinski definition) is 3. The Morgan fingerprint density at radius 1 is 1.07 bits per heavy atom. The van der Waals surface area contributed by atoms with Crippen molar-refractivity contribution >= 4 is 16.8 Å². The summed E-state index contributed by atoms with van der Waals surface area (Å²) in [5, 5.41) is 4.79. The van der Waals surface area contributed by atoms with Gasteiger partial charge in [-0.25, -0.2) is 5.43 Å². The molecule has 0 fully saturated rings. The number of benzene rings is 2. The zero-order valence-electron chi connectivity index (χ0n) is 16.1. The van der Waals surface area contributed by atoms with Gasteiger partial charge < -0.3 is 10.3 Å². The van der Waals surface area contributed by atoms with Crippen molar-refractivity contribution in [2.45, 2.75) is 33.2 Å². The molecule has 0 saturated heterocycles. The lowest BCUT2D eigenvalue weighted by Crippen LogP contribution is -2.37. The highest BCUT2D eigenvalue weighted by Crippen LogP contribution is 2.21. The second kappa shape index (κ2) is 9.35. The first-order chi connectivity index (χ1) is 13.2. The first-order valence-corrected chi connectivity index (χ1v) is 9.58. The molecule has 0 aliphatic carbocycles. The highest BCUT2D eigenvalue weighted by Gasteiger charge is 2.08. The van der Waals surface area contributed by atoms with Gasteiger partial charge in [-0.1, -0.05) is 37.3 Å². The summed E-state index contributed by atoms with van der Waals surface area (Å²) in [7, 11) is 0. The van der Waals surface area contributed by atoms with E-state index >= 15 is 0 Å². The first kappa shape index (κ1) is 19.1. The number of para-hydroxylation sites is 1. The Hall–Kier alpha value is -2.63. The van der Waals surface area contributed by atoms with E-state index in [0.29, 0.717) is 5.56 Å². The number of aromatic nitrogens is 1. The Bertz CT molecular complexity index is 900. The quantitative estimate of drug-likeness (QED) is 0.347. The van der Waals surface area contributed by atoms with Gasteiger partial charge in [0.05, 0.1) is 0 Å². The van der Waals surface area contributed by atoms with Crippen LogP contribution in [-0.4, -0.2) is 24.0 Å². The minimum absolute atomic E-state index is 0.0975. The minimum atomic E-state index is -0.0975. The third kappa shape index (κ3) is 4.96. The topological polar surface area (TPSA) is 68.9 Å². The summed E-state index contributed by atoms with van der Waals surface area (Å²) in [6.45, 7) is 6.58. The molecule has 27 heavy (non-hydrogen) atoms. The number of hydrazine groups is 1. The summed E-state index contributed by atoms with van der Waals surface area (Å²) in [5.41, 5.74) is 11.2. The van der Waals surface area contributed by atoms with E-state index in [9.17, 15) is 4.79 Å². The highest BCUT2D eigenvalue weighted by molar-refractivity contribution is 5.94. The van der Waals surface area contributed by atoms with Crippen LogP contribution in [-0.2, 0) is 13.0 Å². The van der Waals surface area contributed by atoms with Crippen molar-refractivity contribution in [1.29, 1.82) is 0 Å². The molecule has 142 valence electrons. The normalized spacial score (nSPS) is 11.0. The van der Waals surface area contributed by atoms with E-state index in [2.05, 4.69) is 59.3 Å². The van der Waals surface area contributed by atoms with E-state index in [4.69, 9.17) is 0 Å². The van der Waals surface area contributed by atoms with Gasteiger partial charge in [0.1, 0.15) is 0 Å². The molecule has 0 aliphatic rings. The third-order valence-corrected chi connectivity index (χ3v) is 4.67. The molecule has 3 aromatic rings. The van der Waals surface area contributed by atoms with Gasteiger partial charge in [0.15, 0.2) is 0 Å². The fourth-order valence-electron chi connectivity index (χ4n) is 3.27. The van der Waals surface area contributed by atoms with Gasteiger partial charge >= 0.3 is 0 Å². The lowest BCUT2D eigenvalue weighted by Gasteiger charge is -2.09. The van der Waals surface area contributed by atoms with E-state index in [1.54, 1.807) is 0 Å². The van der Waals surface area contributed by atoms with E-state index in [-0.39, 0.29) is 5.91 Å². The number of aryl methyl sites for hydroxylation is 1. The van der Waals surface area contributed by atoms with E-state index < -0.39 is 0 Å². The molecule has 5 nitrogen and oxygen atoms in total. The number of carbonyl (C=O) groups excluding carboxylic acids is 1. The summed E-state index contributed by atoms with van der Waals surface area (Å²) in [6, 6.07) is 16.2. The van der Waals surface area contributed by atoms with Crippen LogP contribution >= 0.6 is 0 Å². The van der Waals surface area contributed by atoms with Crippen LogP contribution < -0.4 is 16.2 Å². The number of carbonyl (C=O) groups is 1. The van der Waals surface area contributed by atoms with Crippen molar-refractivity contribution in [3.63, 3.8) is 0 Å². The van der Waals surface area contributed by atoms with E-state index in [0.717, 1.165) is 38.0 Å². The van der Waals surface area contributed by atoms with Crippen LogP contribution in [0.25, 0.3) is 10.9 Å². The van der Waals surface area contributed by atoms with Crippen molar-refractivity contribution in [3.05, 3.63) is 70.9 Å². The van der Waals surface area contributed by atoms with Gasteiger partial charge in [-0.3, -0.25) is 10.2 Å². The van der Waals surface area contributed by atoms with Gasteiger partial charge in [0.25, 0.3) is 5.91 Å². The molecule has 3 rings (SSSR count). The number of amides is 1. The predicted octanol–water partition coefficient (Wildman–Crippen LogP) is 3.45. The summed E-state index contributed by atoms with van der Waals surface area (Å²) in [4.78, 5) is 15.6. The Morgan fingerprint density at radius 2 is 1.93 bits per heavy atom. The van der Waals surface area contributed by atoms with Crippen molar-refractivity contribution in [3.8, 4) is 0 Å². The summed E-state index contributed by atoms with van der Waals surface area (Å²) in [6.07, 6.45) is 1.94. The predicted molar refractivity (Wildman–Crippen MR) is 111 cm³/mol. The Kier molecular flexibility index (Phi) is 6.63. The number of fused-ring (bicyclic) bond motifs is 1. The van der Waals surface area contributed by atoms with Crippen LogP contribution in [0.3, 0.4) is 0 Å². The monoisotopic (exact) mass is 364 g/mol. The Labute approximate surface area is 160 Å². The second-order valence-corrected chi connectivity index (χ2v) is 6.78. The molecule has 0 atom stereocenters. The zero-order valence-corrected chi connectivity index (χ0v) is 16.1. The molecule has 4 N–H and O–H groups in total. The van der Waals surface area contributed by atoms with E-state index in [1.807, 2.05) is 24.3 Å². The van der Waals surface area contributed by atoms with Crippen LogP contribution in [0.5, 0.6) is 0 Å². The molecule has 0 spiro atoms. The van der Waals surface area contributed by atoms with Gasteiger partial charge in [-0.05, 0) is 55.6 Å². The second-order valence-electron chi connectivity index (χ2n) is 6.78. The van der Waals surface area contributed by atoms with Crippen LogP contribution in [0.4, 0.5) is 0 Å². The van der Waals surface area contributed by atoms with Crippen LogP contribution in [0, 0.1) is 6.92 Å². The molecule has 0 unspecified atom stereocenters. The van der Waals surface area contributed by atoms with Crippen LogP contribution in [0.15, 0.2) is 48.5 Å². The van der Waals surface area contributed by atoms with Gasteiger partial charge in [-0.2, -0.15) is 0 Å². The Balaban J connectivity index is 1.52. The molecule has 0 radical (unpaired) electrons. The highest BCUT2D eigenvalue weighted by atomic mass is 16.2. The maximum Gasteiger partial charge on any atom is 0.265 e. The zero-order chi connectivity index (χ0) is 19.1. The Morgan fingerprint density at radius 3 is 2.78 bits per heavy atom. The fraction of sp³-hybridized carbons (Fsp3) is 0.318. The molecule has 5 heteroatoms. The van der Waals surface area contributed by atoms with Crippen LogP contribution in [0.2, 0.25) is 0 Å². The molecule has 0 saturated carbocycles. The largest absolute Gasteiger partial charge is 0.358 e. The lowest BCUT2D eigenvalue weighted by molar-refractivity contribution is 0.0933. The van der Waals surface area contributed by atoms with Crippen molar-refractivity contribution < 1.29 is 4.79 Å². The molecule has 0 aliphatic heterocycles. The SMILES string of the molecule is CCCNNC(=O)c1cccc(CNCCc2c(C)[nH]c3ccccc23)c1. The van der Waals surface area contributed by atoms with Crippen LogP contribution in [0.1, 0.15) is 40.5 Å². The fourth-order valence-corrected chi connectivity index (χ4v) is 3.27. The number of hydrogen-bond donors (Lipinski definition) is 4. The molecule has 0 bridgehead atoms. The molecule has 1 heterocycles. The molecule has 1 amide bonds. The molecule has 1 aromatic heterocycles. The van der Waals surface area contributed by atoms with Crippen molar-refractivity contribution in [2.75, 3.05) is 13.1 Å². The van der Waals surface area contributed by atoms with Gasteiger partial charge in [0.2, 0.25) is 0 Å². The lowest BCUT2D eigenvalue weighted by atomic mass is 10.1. The number of nitrogens with one attached hydrogen (secondary N) is 4. The maximum atomic E-state index is 12.1. The number of rotatable bonds is 9. The summed E-state index contributed by atoms with van der Waals surface area (Å²) in [5.74, 6) is -0.0975. The average Bonchev–Trinajstić information content (AvgIpc) is 3.01. The van der Waals surface area contributed by atoms with Gasteiger partial charge in [-0.15, -0.1) is 0 Å². The molecule has 2 aromatic carbocycles. The number of H-pyrrole nitrogens is 1. The van der Waals surface area contributed by atoms with Crippen molar-refractivity contribution in [1.82, 2.24) is 21.2 Å². The average molecular weight is 364 g/mol.